The average Bonchev–Trinajstić information content (AvgIpc) is 2.21. The largest absolute Gasteiger partial charge is 0.509 e. The van der Waals surface area contributed by atoms with Crippen molar-refractivity contribution < 1.29 is 14.3 Å². The molecule has 2 fully saturated rings. The number of rotatable bonds is 0. The highest BCUT2D eigenvalue weighted by Gasteiger charge is 2.43. The van der Waals surface area contributed by atoms with Crippen molar-refractivity contribution in [2.75, 3.05) is 0 Å². The van der Waals surface area contributed by atoms with Gasteiger partial charge >= 0.3 is 6.16 Å². The predicted octanol–water partition coefficient (Wildman–Crippen LogP) is 1.32. The molecule has 0 amide bonds. The molecule has 10 heavy (non-hydrogen) atoms. The van der Waals surface area contributed by atoms with Gasteiger partial charge in [-0.3, -0.25) is 0 Å². The van der Waals surface area contributed by atoms with Gasteiger partial charge in [-0.05, 0) is 18.8 Å². The number of carbonyl (C=O) groups is 1. The Bertz CT molecular complexity index is 150. The first-order valence-corrected chi connectivity index (χ1v) is 3.63. The van der Waals surface area contributed by atoms with Crippen molar-refractivity contribution in [1.82, 2.24) is 0 Å². The van der Waals surface area contributed by atoms with E-state index < -0.39 is 6.16 Å². The van der Waals surface area contributed by atoms with Crippen LogP contribution in [-0.4, -0.2) is 18.4 Å². The van der Waals surface area contributed by atoms with Gasteiger partial charge in [0.1, 0.15) is 12.2 Å². The fourth-order valence-electron chi connectivity index (χ4n) is 1.72. The molecule has 0 N–H and O–H groups in total. The van der Waals surface area contributed by atoms with Crippen molar-refractivity contribution in [2.45, 2.75) is 32.0 Å². The molecular formula is C7H10O3. The molecule has 0 radical (unpaired) electrons. The molecule has 0 bridgehead atoms. The third kappa shape index (κ3) is 0.770. The normalized spacial score (nSPS) is 44.5. The zero-order valence-electron chi connectivity index (χ0n) is 5.87. The van der Waals surface area contributed by atoms with Crippen molar-refractivity contribution in [2.24, 2.45) is 5.92 Å². The summed E-state index contributed by atoms with van der Waals surface area (Å²) in [5.41, 5.74) is 0. The van der Waals surface area contributed by atoms with E-state index >= 15 is 0 Å². The van der Waals surface area contributed by atoms with Crippen molar-refractivity contribution in [1.29, 1.82) is 0 Å². The minimum Gasteiger partial charge on any atom is -0.427 e. The summed E-state index contributed by atoms with van der Waals surface area (Å²) in [6.07, 6.45) is 1.57. The molecule has 3 atom stereocenters. The second-order valence-electron chi connectivity index (χ2n) is 3.14. The topological polar surface area (TPSA) is 35.5 Å². The fraction of sp³-hybridized carbons (Fsp3) is 0.857. The van der Waals surface area contributed by atoms with E-state index in [0.717, 1.165) is 12.8 Å². The maximum absolute atomic E-state index is 10.5. The summed E-state index contributed by atoms with van der Waals surface area (Å²) in [7, 11) is 0. The molecule has 0 aromatic heterocycles. The molecule has 1 saturated heterocycles. The van der Waals surface area contributed by atoms with Crippen molar-refractivity contribution >= 4 is 6.16 Å². The lowest BCUT2D eigenvalue weighted by atomic mass is 10.1. The van der Waals surface area contributed by atoms with Gasteiger partial charge in [-0.15, -0.1) is 0 Å². The van der Waals surface area contributed by atoms with Crippen LogP contribution in [0.25, 0.3) is 0 Å². The second-order valence-corrected chi connectivity index (χ2v) is 3.14. The Hall–Kier alpha value is -0.730. The van der Waals surface area contributed by atoms with E-state index in [1.165, 1.54) is 0 Å². The minimum absolute atomic E-state index is 0.0579. The molecule has 2 aliphatic rings. The van der Waals surface area contributed by atoms with Crippen LogP contribution in [-0.2, 0) is 9.47 Å². The van der Waals surface area contributed by atoms with Crippen LogP contribution in [0.4, 0.5) is 4.79 Å². The van der Waals surface area contributed by atoms with Gasteiger partial charge in [-0.1, -0.05) is 6.92 Å². The quantitative estimate of drug-likeness (QED) is 0.478. The molecular weight excluding hydrogens is 132 g/mol. The Labute approximate surface area is 59.3 Å². The SMILES string of the molecule is CC1C[C@@H]2OC(=O)O[C@@H]2C1. The highest BCUT2D eigenvalue weighted by Crippen LogP contribution is 2.34. The van der Waals surface area contributed by atoms with Crippen LogP contribution in [0.1, 0.15) is 19.8 Å². The smallest absolute Gasteiger partial charge is 0.427 e. The first kappa shape index (κ1) is 6.01. The van der Waals surface area contributed by atoms with E-state index in [4.69, 9.17) is 9.47 Å². The number of ether oxygens (including phenoxy) is 2. The third-order valence-electron chi connectivity index (χ3n) is 2.18. The Morgan fingerprint density at radius 3 is 2.30 bits per heavy atom. The summed E-state index contributed by atoms with van der Waals surface area (Å²) in [6, 6.07) is 0. The maximum Gasteiger partial charge on any atom is 0.509 e. The van der Waals surface area contributed by atoms with Gasteiger partial charge in [0.15, 0.2) is 0 Å². The van der Waals surface area contributed by atoms with Crippen LogP contribution < -0.4 is 0 Å². The molecule has 2 rings (SSSR count). The van der Waals surface area contributed by atoms with E-state index in [9.17, 15) is 4.79 Å². The van der Waals surface area contributed by atoms with Gasteiger partial charge in [0, 0.05) is 0 Å². The molecule has 1 aliphatic carbocycles. The summed E-state index contributed by atoms with van der Waals surface area (Å²) in [5, 5.41) is 0. The molecule has 1 aliphatic heterocycles. The van der Waals surface area contributed by atoms with E-state index in [0.29, 0.717) is 5.92 Å². The van der Waals surface area contributed by atoms with E-state index in [1.54, 1.807) is 0 Å². The number of hydrogen-bond donors (Lipinski definition) is 0. The Balaban J connectivity index is 2.06. The van der Waals surface area contributed by atoms with Crippen LogP contribution in [0.5, 0.6) is 0 Å². The summed E-state index contributed by atoms with van der Waals surface area (Å²) < 4.78 is 9.79. The third-order valence-corrected chi connectivity index (χ3v) is 2.18. The Kier molecular flexibility index (Phi) is 1.13. The van der Waals surface area contributed by atoms with Gasteiger partial charge in [0.2, 0.25) is 0 Å². The van der Waals surface area contributed by atoms with Gasteiger partial charge in [0.25, 0.3) is 0 Å². The van der Waals surface area contributed by atoms with Gasteiger partial charge in [0.05, 0.1) is 0 Å². The number of hydrogen-bond acceptors (Lipinski definition) is 3. The van der Waals surface area contributed by atoms with Crippen LogP contribution in [0.15, 0.2) is 0 Å². The van der Waals surface area contributed by atoms with Crippen LogP contribution in [0.2, 0.25) is 0 Å². The summed E-state index contributed by atoms with van der Waals surface area (Å²) in [4.78, 5) is 10.5. The molecule has 0 spiro atoms. The summed E-state index contributed by atoms with van der Waals surface area (Å²) >= 11 is 0. The van der Waals surface area contributed by atoms with E-state index in [1.807, 2.05) is 0 Å². The Morgan fingerprint density at radius 2 is 1.80 bits per heavy atom. The monoisotopic (exact) mass is 142 g/mol. The number of carbonyl (C=O) groups excluding carboxylic acids is 1. The van der Waals surface area contributed by atoms with Crippen LogP contribution in [0, 0.1) is 5.92 Å². The molecule has 3 nitrogen and oxygen atoms in total. The Morgan fingerprint density at radius 1 is 1.30 bits per heavy atom. The predicted molar refractivity (Wildman–Crippen MR) is 33.5 cm³/mol. The maximum atomic E-state index is 10.5. The van der Waals surface area contributed by atoms with Crippen molar-refractivity contribution in [3.63, 3.8) is 0 Å². The highest BCUT2D eigenvalue weighted by molar-refractivity contribution is 5.62. The molecule has 56 valence electrons. The molecule has 0 aromatic rings. The van der Waals surface area contributed by atoms with Crippen LogP contribution in [0.3, 0.4) is 0 Å². The number of fused-ring (bicyclic) bond motifs is 1. The molecule has 3 heteroatoms. The summed E-state index contributed by atoms with van der Waals surface area (Å²) in [6.45, 7) is 2.15. The summed E-state index contributed by atoms with van der Waals surface area (Å²) in [5.74, 6) is 0.642. The lowest BCUT2D eigenvalue weighted by molar-refractivity contribution is 0.105. The molecule has 0 aromatic carbocycles. The molecule has 1 heterocycles. The average molecular weight is 142 g/mol. The zero-order valence-corrected chi connectivity index (χ0v) is 5.87. The first-order valence-electron chi connectivity index (χ1n) is 3.63. The van der Waals surface area contributed by atoms with E-state index in [-0.39, 0.29) is 12.2 Å². The van der Waals surface area contributed by atoms with Crippen molar-refractivity contribution in [3.8, 4) is 0 Å². The second kappa shape index (κ2) is 1.87. The molecule has 1 unspecified atom stereocenters. The first-order chi connectivity index (χ1) is 4.75. The molecule has 1 saturated carbocycles. The van der Waals surface area contributed by atoms with Gasteiger partial charge < -0.3 is 9.47 Å². The standard InChI is InChI=1S/C7H10O3/c1-4-2-5-6(3-4)10-7(8)9-5/h4-6H,2-3H2,1H3/t4?,5-,6+. The van der Waals surface area contributed by atoms with Crippen LogP contribution >= 0.6 is 0 Å². The van der Waals surface area contributed by atoms with Crippen molar-refractivity contribution in [3.05, 3.63) is 0 Å². The highest BCUT2D eigenvalue weighted by atomic mass is 16.8. The van der Waals surface area contributed by atoms with Gasteiger partial charge in [-0.25, -0.2) is 4.79 Å². The zero-order chi connectivity index (χ0) is 7.14. The lowest BCUT2D eigenvalue weighted by Crippen LogP contribution is -2.13. The van der Waals surface area contributed by atoms with Gasteiger partial charge in [-0.2, -0.15) is 0 Å². The van der Waals surface area contributed by atoms with E-state index in [2.05, 4.69) is 6.92 Å². The minimum atomic E-state index is -0.484. The lowest BCUT2D eigenvalue weighted by Gasteiger charge is -2.00. The fourth-order valence-corrected chi connectivity index (χ4v) is 1.72.